The number of carboxylic acid groups (broad SMARTS) is 2. The molecule has 2 aromatic rings. The SMILES string of the molecule is CCOc1ccc(OS(=O)(=O)c2ccc(C(=O)O)c(C(=O)O)c2)cc1. The first-order valence-electron chi connectivity index (χ1n) is 7.02. The van der Waals surface area contributed by atoms with Gasteiger partial charge in [0, 0.05) is 0 Å². The molecule has 0 radical (unpaired) electrons. The minimum atomic E-state index is -4.33. The Hall–Kier alpha value is -3.07. The Morgan fingerprint density at radius 2 is 1.48 bits per heavy atom. The zero-order valence-corrected chi connectivity index (χ0v) is 13.8. The molecule has 132 valence electrons. The zero-order chi connectivity index (χ0) is 18.6. The maximum atomic E-state index is 12.3. The number of aromatic carboxylic acids is 2. The quantitative estimate of drug-likeness (QED) is 0.714. The smallest absolute Gasteiger partial charge is 0.339 e. The van der Waals surface area contributed by atoms with Crippen LogP contribution in [0.5, 0.6) is 11.5 Å². The summed E-state index contributed by atoms with van der Waals surface area (Å²) in [7, 11) is -4.33. The first kappa shape index (κ1) is 18.3. The predicted molar refractivity (Wildman–Crippen MR) is 85.8 cm³/mol. The molecule has 0 heterocycles. The van der Waals surface area contributed by atoms with E-state index in [0.717, 1.165) is 18.2 Å². The van der Waals surface area contributed by atoms with E-state index >= 15 is 0 Å². The Bertz CT molecular complexity index is 900. The molecule has 0 aliphatic heterocycles. The van der Waals surface area contributed by atoms with Crippen LogP contribution in [-0.4, -0.2) is 37.2 Å². The molecule has 2 aromatic carbocycles. The van der Waals surface area contributed by atoms with Crippen LogP contribution in [-0.2, 0) is 10.1 Å². The lowest BCUT2D eigenvalue weighted by atomic mass is 10.1. The van der Waals surface area contributed by atoms with E-state index in [-0.39, 0.29) is 5.75 Å². The summed E-state index contributed by atoms with van der Waals surface area (Å²) >= 11 is 0. The molecule has 0 saturated carbocycles. The number of hydrogen-bond donors (Lipinski definition) is 2. The van der Waals surface area contributed by atoms with Gasteiger partial charge in [-0.2, -0.15) is 8.42 Å². The van der Waals surface area contributed by atoms with E-state index in [1.54, 1.807) is 6.92 Å². The fraction of sp³-hybridized carbons (Fsp3) is 0.125. The third kappa shape index (κ3) is 4.27. The molecular weight excluding hydrogens is 352 g/mol. The largest absolute Gasteiger partial charge is 0.494 e. The van der Waals surface area contributed by atoms with Gasteiger partial charge in [0.15, 0.2) is 0 Å². The normalized spacial score (nSPS) is 10.9. The molecule has 0 unspecified atom stereocenters. The van der Waals surface area contributed by atoms with Gasteiger partial charge in [0.25, 0.3) is 0 Å². The van der Waals surface area contributed by atoms with Gasteiger partial charge in [0.2, 0.25) is 0 Å². The number of hydrogen-bond acceptors (Lipinski definition) is 6. The number of carbonyl (C=O) groups is 2. The standard InChI is InChI=1S/C16H14O8S/c1-2-23-10-3-5-11(6-4-10)24-25(21,22)12-7-8-13(15(17)18)14(9-12)16(19)20/h3-9H,2H2,1H3,(H,17,18)(H,19,20). The van der Waals surface area contributed by atoms with Gasteiger partial charge in [0.05, 0.1) is 17.7 Å². The molecule has 25 heavy (non-hydrogen) atoms. The highest BCUT2D eigenvalue weighted by atomic mass is 32.2. The summed E-state index contributed by atoms with van der Waals surface area (Å²) in [6, 6.07) is 8.42. The van der Waals surface area contributed by atoms with E-state index in [2.05, 4.69) is 0 Å². The summed E-state index contributed by atoms with van der Waals surface area (Å²) in [5.74, 6) is -2.50. The molecule has 0 aromatic heterocycles. The topological polar surface area (TPSA) is 127 Å². The molecule has 0 spiro atoms. The summed E-state index contributed by atoms with van der Waals surface area (Å²) in [6.45, 7) is 2.25. The van der Waals surface area contributed by atoms with Crippen molar-refractivity contribution >= 4 is 22.1 Å². The lowest BCUT2D eigenvalue weighted by Gasteiger charge is -2.09. The summed E-state index contributed by atoms with van der Waals surface area (Å²) in [6.07, 6.45) is 0. The molecule has 0 amide bonds. The molecule has 2 N–H and O–H groups in total. The van der Waals surface area contributed by atoms with Gasteiger partial charge in [-0.1, -0.05) is 0 Å². The van der Waals surface area contributed by atoms with Crippen LogP contribution in [0, 0.1) is 0 Å². The van der Waals surface area contributed by atoms with Gasteiger partial charge in [0.1, 0.15) is 16.4 Å². The Morgan fingerprint density at radius 3 is 2.00 bits per heavy atom. The molecule has 0 aliphatic rings. The van der Waals surface area contributed by atoms with E-state index in [4.69, 9.17) is 19.1 Å². The third-order valence-corrected chi connectivity index (χ3v) is 4.32. The Kier molecular flexibility index (Phi) is 5.28. The van der Waals surface area contributed by atoms with E-state index in [1.807, 2.05) is 0 Å². The summed E-state index contributed by atoms with van der Waals surface area (Å²) in [5, 5.41) is 18.0. The minimum absolute atomic E-state index is 0.00244. The highest BCUT2D eigenvalue weighted by Crippen LogP contribution is 2.23. The second kappa shape index (κ2) is 7.22. The van der Waals surface area contributed by atoms with E-state index in [1.165, 1.54) is 24.3 Å². The van der Waals surface area contributed by atoms with Crippen molar-refractivity contribution in [2.75, 3.05) is 6.61 Å². The van der Waals surface area contributed by atoms with Crippen LogP contribution in [0.4, 0.5) is 0 Å². The van der Waals surface area contributed by atoms with Crippen molar-refractivity contribution in [2.24, 2.45) is 0 Å². The Labute approximate surface area is 143 Å². The summed E-state index contributed by atoms with van der Waals surface area (Å²) in [5.41, 5.74) is -1.17. The molecule has 0 fully saturated rings. The Morgan fingerprint density at radius 1 is 0.920 bits per heavy atom. The second-order valence-electron chi connectivity index (χ2n) is 4.76. The van der Waals surface area contributed by atoms with Crippen molar-refractivity contribution in [3.05, 3.63) is 53.6 Å². The van der Waals surface area contributed by atoms with E-state index in [9.17, 15) is 18.0 Å². The van der Waals surface area contributed by atoms with Crippen LogP contribution in [0.1, 0.15) is 27.6 Å². The zero-order valence-electron chi connectivity index (χ0n) is 13.0. The molecule has 0 aliphatic carbocycles. The van der Waals surface area contributed by atoms with Crippen molar-refractivity contribution < 1.29 is 37.1 Å². The third-order valence-electron chi connectivity index (χ3n) is 3.08. The van der Waals surface area contributed by atoms with Crippen LogP contribution in [0.15, 0.2) is 47.4 Å². The maximum absolute atomic E-state index is 12.3. The van der Waals surface area contributed by atoms with Gasteiger partial charge < -0.3 is 19.1 Å². The maximum Gasteiger partial charge on any atom is 0.339 e. The van der Waals surface area contributed by atoms with Gasteiger partial charge in [-0.15, -0.1) is 0 Å². The molecular formula is C16H14O8S. The average Bonchev–Trinajstić information content (AvgIpc) is 2.56. The predicted octanol–water partition coefficient (Wildman–Crippen LogP) is 2.25. The van der Waals surface area contributed by atoms with Crippen molar-refractivity contribution in [2.45, 2.75) is 11.8 Å². The van der Waals surface area contributed by atoms with E-state index < -0.39 is 38.1 Å². The highest BCUT2D eigenvalue weighted by Gasteiger charge is 2.23. The monoisotopic (exact) mass is 366 g/mol. The summed E-state index contributed by atoms with van der Waals surface area (Å²) < 4.78 is 34.7. The van der Waals surface area contributed by atoms with Gasteiger partial charge in [-0.25, -0.2) is 9.59 Å². The van der Waals surface area contributed by atoms with Gasteiger partial charge in [-0.3, -0.25) is 0 Å². The highest BCUT2D eigenvalue weighted by molar-refractivity contribution is 7.87. The fourth-order valence-electron chi connectivity index (χ4n) is 1.98. The van der Waals surface area contributed by atoms with Gasteiger partial charge in [-0.05, 0) is 49.4 Å². The van der Waals surface area contributed by atoms with Crippen LogP contribution in [0.3, 0.4) is 0 Å². The molecule has 9 heteroatoms. The summed E-state index contributed by atoms with van der Waals surface area (Å²) in [4.78, 5) is 21.7. The molecule has 0 saturated heterocycles. The van der Waals surface area contributed by atoms with Crippen molar-refractivity contribution in [1.82, 2.24) is 0 Å². The minimum Gasteiger partial charge on any atom is -0.494 e. The fourth-order valence-corrected chi connectivity index (χ4v) is 2.93. The lowest BCUT2D eigenvalue weighted by molar-refractivity contribution is 0.0651. The first-order chi connectivity index (χ1) is 11.7. The first-order valence-corrected chi connectivity index (χ1v) is 8.43. The molecule has 0 atom stereocenters. The molecule has 8 nitrogen and oxygen atoms in total. The number of ether oxygens (including phenoxy) is 1. The Balaban J connectivity index is 2.34. The average molecular weight is 366 g/mol. The van der Waals surface area contributed by atoms with Crippen molar-refractivity contribution in [1.29, 1.82) is 0 Å². The van der Waals surface area contributed by atoms with Crippen molar-refractivity contribution in [3.63, 3.8) is 0 Å². The van der Waals surface area contributed by atoms with Crippen molar-refractivity contribution in [3.8, 4) is 11.5 Å². The second-order valence-corrected chi connectivity index (χ2v) is 6.31. The van der Waals surface area contributed by atoms with Gasteiger partial charge >= 0.3 is 22.1 Å². The van der Waals surface area contributed by atoms with E-state index in [0.29, 0.717) is 12.4 Å². The number of carboxylic acids is 2. The van der Waals surface area contributed by atoms with Crippen LogP contribution in [0.2, 0.25) is 0 Å². The molecule has 0 bridgehead atoms. The van der Waals surface area contributed by atoms with Crippen LogP contribution < -0.4 is 8.92 Å². The molecule has 2 rings (SSSR count). The van der Waals surface area contributed by atoms with Crippen LogP contribution >= 0.6 is 0 Å². The lowest BCUT2D eigenvalue weighted by Crippen LogP contribution is -2.13. The van der Waals surface area contributed by atoms with Crippen LogP contribution in [0.25, 0.3) is 0 Å². The number of benzene rings is 2. The number of rotatable bonds is 7.